The summed E-state index contributed by atoms with van der Waals surface area (Å²) in [6.07, 6.45) is 7.65. The van der Waals surface area contributed by atoms with Crippen LogP contribution in [0.1, 0.15) is 38.8 Å². The number of piperazine rings is 1. The number of rotatable bonds is 8. The van der Waals surface area contributed by atoms with Crippen molar-refractivity contribution in [1.82, 2.24) is 19.4 Å². The van der Waals surface area contributed by atoms with Gasteiger partial charge in [-0.05, 0) is 56.5 Å². The second-order valence-electron chi connectivity index (χ2n) is 9.81. The molecule has 186 valence electrons. The summed E-state index contributed by atoms with van der Waals surface area (Å²) in [5, 5.41) is 4.26. The molecule has 1 amide bonds. The molecule has 7 nitrogen and oxygen atoms in total. The van der Waals surface area contributed by atoms with Gasteiger partial charge in [-0.25, -0.2) is 4.68 Å². The number of likely N-dealkylation sites (tertiary alicyclic amines) is 1. The maximum absolute atomic E-state index is 12.4. The Bertz CT molecular complexity index is 1080. The zero-order chi connectivity index (χ0) is 24.4. The fraction of sp³-hybridized carbons (Fsp3) is 0.500. The molecule has 0 bridgehead atoms. The van der Waals surface area contributed by atoms with E-state index in [1.54, 1.807) is 0 Å². The number of ether oxygens (including phenoxy) is 1. The first-order valence-corrected chi connectivity index (χ1v) is 13.0. The minimum atomic E-state index is 0.274. The lowest BCUT2D eigenvalue weighted by atomic mass is 10.1. The van der Waals surface area contributed by atoms with Gasteiger partial charge < -0.3 is 14.5 Å². The lowest BCUT2D eigenvalue weighted by Gasteiger charge is -2.37. The molecule has 1 unspecified atom stereocenters. The molecule has 5 rings (SSSR count). The minimum absolute atomic E-state index is 0.274. The third-order valence-corrected chi connectivity index (χ3v) is 7.51. The van der Waals surface area contributed by atoms with E-state index >= 15 is 0 Å². The lowest BCUT2D eigenvalue weighted by molar-refractivity contribution is -0.133. The molecule has 3 heterocycles. The van der Waals surface area contributed by atoms with Gasteiger partial charge in [0.2, 0.25) is 5.91 Å². The highest BCUT2D eigenvalue weighted by atomic mass is 16.5. The van der Waals surface area contributed by atoms with Crippen LogP contribution in [0.4, 0.5) is 0 Å². The van der Waals surface area contributed by atoms with Gasteiger partial charge >= 0.3 is 0 Å². The summed E-state index contributed by atoms with van der Waals surface area (Å²) in [7, 11) is 0. The number of benzene rings is 1. The topological polar surface area (TPSA) is 53.3 Å². The van der Waals surface area contributed by atoms with Crippen LogP contribution in [0, 0.1) is 5.92 Å². The summed E-state index contributed by atoms with van der Waals surface area (Å²) in [6, 6.07) is 10.5. The molecule has 0 N–H and O–H groups in total. The Morgan fingerprint density at radius 2 is 1.77 bits per heavy atom. The third-order valence-electron chi connectivity index (χ3n) is 7.51. The van der Waals surface area contributed by atoms with Crippen molar-refractivity contribution in [3.05, 3.63) is 48.3 Å². The number of amides is 1. The molecule has 2 aromatic rings. The number of carbonyl (C=O) groups is 1. The summed E-state index contributed by atoms with van der Waals surface area (Å²) in [6.45, 7) is 14.5. The zero-order valence-corrected chi connectivity index (χ0v) is 21.0. The monoisotopic (exact) mass is 475 g/mol. The van der Waals surface area contributed by atoms with Gasteiger partial charge in [-0.15, -0.1) is 0 Å². The molecular formula is C28H37N5O2. The average Bonchev–Trinajstić information content (AvgIpc) is 3.51. The predicted octanol–water partition coefficient (Wildman–Crippen LogP) is 4.01. The molecule has 1 aromatic carbocycles. The summed E-state index contributed by atoms with van der Waals surface area (Å²) >= 11 is 0. The van der Waals surface area contributed by atoms with Crippen molar-refractivity contribution in [2.24, 2.45) is 11.0 Å². The van der Waals surface area contributed by atoms with Gasteiger partial charge in [0.05, 0.1) is 11.4 Å². The first-order chi connectivity index (χ1) is 17.1. The second kappa shape index (κ2) is 10.3. The van der Waals surface area contributed by atoms with Crippen LogP contribution in [0.5, 0.6) is 5.75 Å². The van der Waals surface area contributed by atoms with Crippen LogP contribution in [0.3, 0.4) is 0 Å². The number of likely N-dealkylation sites (N-methyl/N-ethyl adjacent to an activating group) is 1. The van der Waals surface area contributed by atoms with Crippen LogP contribution in [0.25, 0.3) is 16.8 Å². The Morgan fingerprint density at radius 1 is 1.06 bits per heavy atom. The molecular weight excluding hydrogens is 438 g/mol. The van der Waals surface area contributed by atoms with Crippen LogP contribution >= 0.6 is 0 Å². The fourth-order valence-corrected chi connectivity index (χ4v) is 5.27. The van der Waals surface area contributed by atoms with E-state index < -0.39 is 0 Å². The number of allylic oxidation sites excluding steroid dienone is 1. The summed E-state index contributed by atoms with van der Waals surface area (Å²) in [4.78, 5) is 19.3. The first kappa shape index (κ1) is 23.7. The summed E-state index contributed by atoms with van der Waals surface area (Å²) in [5.41, 5.74) is 4.37. The van der Waals surface area contributed by atoms with Gasteiger partial charge in [0.1, 0.15) is 11.9 Å². The van der Waals surface area contributed by atoms with E-state index in [0.29, 0.717) is 5.91 Å². The molecule has 2 aliphatic heterocycles. The number of hydrogen-bond donors (Lipinski definition) is 0. The van der Waals surface area contributed by atoms with Crippen molar-refractivity contribution < 1.29 is 9.53 Å². The van der Waals surface area contributed by atoms with Gasteiger partial charge in [0.25, 0.3) is 0 Å². The van der Waals surface area contributed by atoms with E-state index in [9.17, 15) is 4.79 Å². The number of nitrogens with zero attached hydrogens (tertiary/aromatic N) is 5. The quantitative estimate of drug-likeness (QED) is 0.542. The second-order valence-corrected chi connectivity index (χ2v) is 9.81. The Kier molecular flexibility index (Phi) is 6.95. The Labute approximate surface area is 208 Å². The van der Waals surface area contributed by atoms with Crippen LogP contribution < -0.4 is 4.74 Å². The van der Waals surface area contributed by atoms with Crippen molar-refractivity contribution >= 4 is 18.3 Å². The molecule has 1 atom stereocenters. The van der Waals surface area contributed by atoms with Crippen LogP contribution in [0.2, 0.25) is 0 Å². The van der Waals surface area contributed by atoms with Gasteiger partial charge in [-0.2, -0.15) is 5.10 Å². The van der Waals surface area contributed by atoms with Crippen molar-refractivity contribution in [2.45, 2.75) is 39.2 Å². The highest BCUT2D eigenvalue weighted by Gasteiger charge is 2.35. The van der Waals surface area contributed by atoms with Gasteiger partial charge in [-0.3, -0.25) is 9.69 Å². The Hall–Kier alpha value is -3.06. The number of carbonyl (C=O) groups excluding carboxylic acids is 1. The lowest BCUT2D eigenvalue weighted by Crippen LogP contribution is -2.48. The van der Waals surface area contributed by atoms with Crippen molar-refractivity contribution in [2.75, 3.05) is 45.8 Å². The molecule has 1 aliphatic carbocycles. The Morgan fingerprint density at radius 3 is 2.37 bits per heavy atom. The number of aromatic nitrogens is 1. The zero-order valence-electron chi connectivity index (χ0n) is 21.0. The van der Waals surface area contributed by atoms with Gasteiger partial charge in [0.15, 0.2) is 0 Å². The summed E-state index contributed by atoms with van der Waals surface area (Å²) < 4.78 is 8.06. The molecule has 35 heavy (non-hydrogen) atoms. The van der Waals surface area contributed by atoms with E-state index in [2.05, 4.69) is 71.9 Å². The van der Waals surface area contributed by atoms with Gasteiger partial charge in [-0.1, -0.05) is 25.1 Å². The third kappa shape index (κ3) is 5.15. The van der Waals surface area contributed by atoms with E-state index in [0.717, 1.165) is 93.3 Å². The van der Waals surface area contributed by atoms with Crippen LogP contribution in [-0.2, 0) is 4.79 Å². The minimum Gasteiger partial charge on any atom is -0.489 e. The molecule has 3 aliphatic rings. The van der Waals surface area contributed by atoms with Gasteiger partial charge in [0, 0.05) is 63.7 Å². The standard InChI is InChI=1S/C28H37N5O2/c1-4-26(31-14-16-32(17-15-31)28(34)22-6-7-22)27-18-23(19-33(27)29-3)21-8-10-24(11-9-21)35-25-12-13-30(5-2)20-25/h4,8-11,18-19,22,25H,3,5-7,12-17,20H2,1-2H3/b26-4+. The molecule has 3 fully saturated rings. The average molecular weight is 476 g/mol. The van der Waals surface area contributed by atoms with Crippen molar-refractivity contribution in [3.8, 4) is 16.9 Å². The van der Waals surface area contributed by atoms with E-state index in [-0.39, 0.29) is 12.0 Å². The highest BCUT2D eigenvalue weighted by Crippen LogP contribution is 2.33. The van der Waals surface area contributed by atoms with Crippen LogP contribution in [0.15, 0.2) is 47.7 Å². The highest BCUT2D eigenvalue weighted by molar-refractivity contribution is 5.81. The first-order valence-electron chi connectivity index (χ1n) is 13.0. The van der Waals surface area contributed by atoms with Crippen LogP contribution in [-0.4, -0.2) is 83.9 Å². The molecule has 1 aromatic heterocycles. The largest absolute Gasteiger partial charge is 0.489 e. The fourth-order valence-electron chi connectivity index (χ4n) is 5.27. The molecule has 7 heteroatoms. The summed E-state index contributed by atoms with van der Waals surface area (Å²) in [5.74, 6) is 1.55. The predicted molar refractivity (Wildman–Crippen MR) is 140 cm³/mol. The molecule has 0 radical (unpaired) electrons. The molecule has 0 spiro atoms. The number of hydrogen-bond acceptors (Lipinski definition) is 5. The smallest absolute Gasteiger partial charge is 0.225 e. The maximum Gasteiger partial charge on any atom is 0.225 e. The molecule has 2 saturated heterocycles. The SMILES string of the molecule is C=Nn1cc(-c2ccc(OC3CCN(CC)C3)cc2)cc1/C(=C\C)N1CCN(C(=O)C2CC2)CC1. The van der Waals surface area contributed by atoms with E-state index in [4.69, 9.17) is 4.74 Å². The van der Waals surface area contributed by atoms with Crippen molar-refractivity contribution in [3.63, 3.8) is 0 Å². The van der Waals surface area contributed by atoms with E-state index in [1.807, 2.05) is 15.8 Å². The molecule has 1 saturated carbocycles. The Balaban J connectivity index is 1.27. The maximum atomic E-state index is 12.4. The normalized spacial score (nSPS) is 21.4. The van der Waals surface area contributed by atoms with E-state index in [1.165, 1.54) is 0 Å². The van der Waals surface area contributed by atoms with Crippen molar-refractivity contribution in [1.29, 1.82) is 0 Å².